The van der Waals surface area contributed by atoms with Crippen LogP contribution in [0.4, 0.5) is 24.5 Å². The predicted octanol–water partition coefficient (Wildman–Crippen LogP) is 4.14. The van der Waals surface area contributed by atoms with Gasteiger partial charge in [0.05, 0.1) is 36.5 Å². The molecule has 1 amide bonds. The second-order valence-electron chi connectivity index (χ2n) is 6.46. The Labute approximate surface area is 158 Å². The number of fused-ring (bicyclic) bond motifs is 3. The van der Waals surface area contributed by atoms with Crippen LogP contribution in [-0.2, 0) is 17.5 Å². The fourth-order valence-electron chi connectivity index (χ4n) is 3.46. The van der Waals surface area contributed by atoms with Crippen LogP contribution in [0.1, 0.15) is 11.1 Å². The summed E-state index contributed by atoms with van der Waals surface area (Å²) in [6, 6.07) is 10.5. The third kappa shape index (κ3) is 3.22. The summed E-state index contributed by atoms with van der Waals surface area (Å²) < 4.78 is 44.9. The lowest BCUT2D eigenvalue weighted by atomic mass is 10.0. The van der Waals surface area contributed by atoms with Crippen LogP contribution in [-0.4, -0.2) is 30.7 Å². The third-order valence-electron chi connectivity index (χ3n) is 4.81. The predicted molar refractivity (Wildman–Crippen MR) is 99.2 cm³/mol. The number of benzene rings is 2. The summed E-state index contributed by atoms with van der Waals surface area (Å²) in [5, 5.41) is 0. The van der Waals surface area contributed by atoms with Crippen LogP contribution in [0.15, 0.2) is 42.5 Å². The number of anilines is 2. The van der Waals surface area contributed by atoms with Crippen molar-refractivity contribution >= 4 is 29.0 Å². The summed E-state index contributed by atoms with van der Waals surface area (Å²) in [5.74, 6) is 1.70. The zero-order valence-corrected chi connectivity index (χ0v) is 15.3. The lowest BCUT2D eigenvalue weighted by molar-refractivity contribution is -0.137. The molecular weight excluding hydrogens is 377 g/mol. The van der Waals surface area contributed by atoms with Crippen molar-refractivity contribution in [2.45, 2.75) is 18.8 Å². The maximum Gasteiger partial charge on any atom is 0.416 e. The minimum Gasteiger partial charge on any atom is -0.497 e. The number of carbonyl (C=O) groups is 1. The number of alkyl halides is 3. The van der Waals surface area contributed by atoms with E-state index in [9.17, 15) is 18.0 Å². The average Bonchev–Trinajstić information content (AvgIpc) is 3.14. The van der Waals surface area contributed by atoms with Crippen molar-refractivity contribution in [2.75, 3.05) is 28.5 Å². The molecule has 4 rings (SSSR count). The van der Waals surface area contributed by atoms with Gasteiger partial charge in [-0.25, -0.2) is 0 Å². The molecule has 0 radical (unpaired) electrons. The van der Waals surface area contributed by atoms with E-state index in [4.69, 9.17) is 4.74 Å². The van der Waals surface area contributed by atoms with Crippen molar-refractivity contribution in [3.63, 3.8) is 0 Å². The van der Waals surface area contributed by atoms with Crippen molar-refractivity contribution < 1.29 is 22.7 Å². The quantitative estimate of drug-likeness (QED) is 0.783. The van der Waals surface area contributed by atoms with Gasteiger partial charge in [0, 0.05) is 5.75 Å². The Morgan fingerprint density at radius 1 is 1.19 bits per heavy atom. The third-order valence-corrected chi connectivity index (χ3v) is 5.82. The van der Waals surface area contributed by atoms with Gasteiger partial charge in [0.25, 0.3) is 5.91 Å². The largest absolute Gasteiger partial charge is 0.497 e. The molecule has 1 atom stereocenters. The molecule has 2 aromatic carbocycles. The number of halogens is 3. The maximum atomic E-state index is 13.2. The smallest absolute Gasteiger partial charge is 0.416 e. The molecule has 0 unspecified atom stereocenters. The summed E-state index contributed by atoms with van der Waals surface area (Å²) >= 11 is 1.61. The van der Waals surface area contributed by atoms with Crippen molar-refractivity contribution in [3.8, 4) is 5.75 Å². The number of methoxy groups -OCH3 is 1. The Kier molecular flexibility index (Phi) is 4.46. The van der Waals surface area contributed by atoms with Crippen LogP contribution >= 0.6 is 11.8 Å². The Morgan fingerprint density at radius 3 is 2.74 bits per heavy atom. The molecule has 1 fully saturated rings. The van der Waals surface area contributed by atoms with Gasteiger partial charge in [-0.05, 0) is 35.9 Å². The van der Waals surface area contributed by atoms with Gasteiger partial charge in [-0.15, -0.1) is 11.8 Å². The monoisotopic (exact) mass is 394 g/mol. The van der Waals surface area contributed by atoms with Crippen molar-refractivity contribution in [2.24, 2.45) is 0 Å². The van der Waals surface area contributed by atoms with Crippen molar-refractivity contribution in [1.82, 2.24) is 0 Å². The van der Waals surface area contributed by atoms with Gasteiger partial charge in [-0.3, -0.25) is 4.79 Å². The number of rotatable bonds is 3. The van der Waals surface area contributed by atoms with E-state index >= 15 is 0 Å². The van der Waals surface area contributed by atoms with Gasteiger partial charge in [-0.1, -0.05) is 12.1 Å². The molecule has 142 valence electrons. The summed E-state index contributed by atoms with van der Waals surface area (Å²) in [6.45, 7) is 0.194. The fraction of sp³-hybridized carbons (Fsp3) is 0.316. The number of amides is 1. The van der Waals surface area contributed by atoms with Crippen LogP contribution in [0.2, 0.25) is 0 Å². The summed E-state index contributed by atoms with van der Waals surface area (Å²) in [7, 11) is 1.55. The number of thioether (sulfide) groups is 1. The standard InChI is InChI=1S/C19H17F3N2O2S/c1-26-14-4-2-3-12(7-14)9-23-16-8-13(19(20,21)22)5-6-15(16)24-11-27-10-17(24)18(23)25/h2-8,17H,9-11H2,1H3/t17-/m1/s1. The maximum absolute atomic E-state index is 13.2. The second kappa shape index (κ2) is 6.67. The Hall–Kier alpha value is -2.35. The molecule has 1 saturated heterocycles. The van der Waals surface area contributed by atoms with E-state index in [-0.39, 0.29) is 18.5 Å². The number of hydrogen-bond donors (Lipinski definition) is 0. The Morgan fingerprint density at radius 2 is 2.00 bits per heavy atom. The van der Waals surface area contributed by atoms with E-state index in [0.29, 0.717) is 28.8 Å². The van der Waals surface area contributed by atoms with Gasteiger partial charge in [0.1, 0.15) is 11.8 Å². The molecule has 2 heterocycles. The molecule has 0 saturated carbocycles. The van der Waals surface area contributed by atoms with Gasteiger partial charge in [0.15, 0.2) is 0 Å². The first kappa shape index (κ1) is 18.0. The molecule has 0 bridgehead atoms. The number of ether oxygens (including phenoxy) is 1. The first-order valence-corrected chi connectivity index (χ1v) is 9.54. The second-order valence-corrected chi connectivity index (χ2v) is 7.46. The van der Waals surface area contributed by atoms with Gasteiger partial charge >= 0.3 is 6.18 Å². The van der Waals surface area contributed by atoms with Crippen LogP contribution in [0.25, 0.3) is 0 Å². The molecule has 2 aliphatic heterocycles. The molecule has 2 aliphatic rings. The SMILES string of the molecule is COc1cccc(CN2C(=O)[C@H]3CSCN3c3ccc(C(F)(F)F)cc32)c1. The Bertz CT molecular complexity index is 887. The zero-order chi connectivity index (χ0) is 19.2. The summed E-state index contributed by atoms with van der Waals surface area (Å²) in [6.07, 6.45) is -4.46. The Balaban J connectivity index is 1.78. The van der Waals surface area contributed by atoms with Crippen LogP contribution in [0.3, 0.4) is 0 Å². The lowest BCUT2D eigenvalue weighted by Gasteiger charge is -2.39. The number of nitrogens with zero attached hydrogens (tertiary/aromatic N) is 2. The first-order valence-electron chi connectivity index (χ1n) is 8.38. The normalized spacial score (nSPS) is 19.1. The van der Waals surface area contributed by atoms with Gasteiger partial charge in [-0.2, -0.15) is 13.2 Å². The van der Waals surface area contributed by atoms with E-state index in [0.717, 1.165) is 17.7 Å². The van der Waals surface area contributed by atoms with Crippen LogP contribution in [0.5, 0.6) is 5.75 Å². The molecule has 0 N–H and O–H groups in total. The van der Waals surface area contributed by atoms with Crippen LogP contribution < -0.4 is 14.5 Å². The van der Waals surface area contributed by atoms with Crippen LogP contribution in [0, 0.1) is 0 Å². The number of carbonyl (C=O) groups excluding carboxylic acids is 1. The molecule has 27 heavy (non-hydrogen) atoms. The first-order chi connectivity index (χ1) is 12.9. The average molecular weight is 394 g/mol. The highest BCUT2D eigenvalue weighted by molar-refractivity contribution is 7.99. The minimum atomic E-state index is -4.46. The zero-order valence-electron chi connectivity index (χ0n) is 14.5. The van der Waals surface area contributed by atoms with Crippen molar-refractivity contribution in [3.05, 3.63) is 53.6 Å². The highest BCUT2D eigenvalue weighted by Crippen LogP contribution is 2.44. The molecule has 8 heteroatoms. The van der Waals surface area contributed by atoms with E-state index in [1.807, 2.05) is 11.0 Å². The lowest BCUT2D eigenvalue weighted by Crippen LogP contribution is -2.51. The molecule has 2 aromatic rings. The van der Waals surface area contributed by atoms with Gasteiger partial charge in [0.2, 0.25) is 0 Å². The highest BCUT2D eigenvalue weighted by Gasteiger charge is 2.42. The molecule has 0 aromatic heterocycles. The fourth-order valence-corrected chi connectivity index (χ4v) is 4.63. The van der Waals surface area contributed by atoms with E-state index < -0.39 is 11.7 Å². The summed E-state index contributed by atoms with van der Waals surface area (Å²) in [4.78, 5) is 16.4. The van der Waals surface area contributed by atoms with E-state index in [1.54, 1.807) is 37.1 Å². The molecular formula is C19H17F3N2O2S. The highest BCUT2D eigenvalue weighted by atomic mass is 32.2. The van der Waals surface area contributed by atoms with Gasteiger partial charge < -0.3 is 14.5 Å². The molecule has 0 aliphatic carbocycles. The molecule has 0 spiro atoms. The number of hydrogen-bond acceptors (Lipinski definition) is 4. The van der Waals surface area contributed by atoms with E-state index in [1.165, 1.54) is 11.0 Å². The topological polar surface area (TPSA) is 32.8 Å². The van der Waals surface area contributed by atoms with Crippen molar-refractivity contribution in [1.29, 1.82) is 0 Å². The van der Waals surface area contributed by atoms with E-state index in [2.05, 4.69) is 0 Å². The minimum absolute atomic E-state index is 0.172. The molecule has 4 nitrogen and oxygen atoms in total. The summed E-state index contributed by atoms with van der Waals surface area (Å²) in [5.41, 5.74) is 1.01.